The minimum absolute atomic E-state index is 0.0672. The Hall–Kier alpha value is -3.18. The summed E-state index contributed by atoms with van der Waals surface area (Å²) >= 11 is 0. The summed E-state index contributed by atoms with van der Waals surface area (Å²) in [5, 5.41) is 2.68. The van der Waals surface area contributed by atoms with Crippen molar-refractivity contribution >= 4 is 33.0 Å². The molecular formula is C23H27N3O4S. The van der Waals surface area contributed by atoms with Gasteiger partial charge in [-0.05, 0) is 45.0 Å². The third-order valence-electron chi connectivity index (χ3n) is 4.60. The number of hydrogen-bond acceptors (Lipinski definition) is 6. The van der Waals surface area contributed by atoms with Gasteiger partial charge in [0.15, 0.2) is 9.84 Å². The van der Waals surface area contributed by atoms with E-state index in [-0.39, 0.29) is 11.5 Å². The van der Waals surface area contributed by atoms with Crippen molar-refractivity contribution in [3.8, 4) is 11.8 Å². The van der Waals surface area contributed by atoms with Gasteiger partial charge in [-0.2, -0.15) is 0 Å². The molecule has 0 aromatic heterocycles. The molecule has 0 radical (unpaired) electrons. The number of carbonyl (C=O) groups is 1. The lowest BCUT2D eigenvalue weighted by Gasteiger charge is -2.30. The van der Waals surface area contributed by atoms with E-state index in [1.165, 1.54) is 0 Å². The van der Waals surface area contributed by atoms with Crippen LogP contribution in [0, 0.1) is 11.8 Å². The van der Waals surface area contributed by atoms with Crippen LogP contribution in [-0.4, -0.2) is 44.7 Å². The monoisotopic (exact) mass is 441 g/mol. The molecule has 0 unspecified atom stereocenters. The first kappa shape index (κ1) is 22.5. The van der Waals surface area contributed by atoms with Gasteiger partial charge in [0, 0.05) is 18.7 Å². The highest BCUT2D eigenvalue weighted by Gasteiger charge is 2.24. The standard InChI is InChI=1S/C23H27N3O4S/c1-23(2,3)30-22(27)25-20-16-21(26-11-13-31(28,29)14-12-26)18(15-19(20)24)10-9-17-7-5-4-6-8-17/h4-8,15-16H,11-14,24H2,1-3H3,(H,25,27). The number of nitrogen functional groups attached to an aromatic ring is 1. The summed E-state index contributed by atoms with van der Waals surface area (Å²) in [6, 6.07) is 13.0. The molecule has 3 rings (SSSR count). The van der Waals surface area contributed by atoms with Crippen LogP contribution in [0.4, 0.5) is 21.9 Å². The van der Waals surface area contributed by atoms with Gasteiger partial charge in [-0.3, -0.25) is 5.32 Å². The number of rotatable bonds is 2. The van der Waals surface area contributed by atoms with Crippen LogP contribution in [-0.2, 0) is 14.6 Å². The van der Waals surface area contributed by atoms with Crippen LogP contribution in [0.3, 0.4) is 0 Å². The van der Waals surface area contributed by atoms with Gasteiger partial charge >= 0.3 is 6.09 Å². The van der Waals surface area contributed by atoms with Crippen LogP contribution < -0.4 is 16.0 Å². The summed E-state index contributed by atoms with van der Waals surface area (Å²) in [5.74, 6) is 6.39. The Labute approximate surface area is 183 Å². The Kier molecular flexibility index (Phi) is 6.46. The number of ether oxygens (including phenoxy) is 1. The van der Waals surface area contributed by atoms with Gasteiger partial charge < -0.3 is 15.4 Å². The molecule has 0 atom stereocenters. The lowest BCUT2D eigenvalue weighted by atomic mass is 10.1. The molecule has 3 N–H and O–H groups in total. The molecule has 1 aliphatic heterocycles. The van der Waals surface area contributed by atoms with Gasteiger partial charge in [-0.1, -0.05) is 30.0 Å². The molecule has 1 amide bonds. The SMILES string of the molecule is CC(C)(C)OC(=O)Nc1cc(N2CCS(=O)(=O)CC2)c(C#Cc2ccccc2)cc1N. The van der Waals surface area contributed by atoms with Crippen molar-refractivity contribution in [1.82, 2.24) is 0 Å². The van der Waals surface area contributed by atoms with E-state index in [9.17, 15) is 13.2 Å². The van der Waals surface area contributed by atoms with Gasteiger partial charge in [0.05, 0.1) is 34.1 Å². The lowest BCUT2D eigenvalue weighted by molar-refractivity contribution is 0.0636. The quantitative estimate of drug-likeness (QED) is 0.548. The Morgan fingerprint density at radius 3 is 2.35 bits per heavy atom. The normalized spacial score (nSPS) is 15.5. The zero-order valence-electron chi connectivity index (χ0n) is 17.9. The second kappa shape index (κ2) is 8.90. The summed E-state index contributed by atoms with van der Waals surface area (Å²) < 4.78 is 29.1. The van der Waals surface area contributed by atoms with Crippen LogP contribution in [0.1, 0.15) is 31.9 Å². The number of nitrogens with two attached hydrogens (primary N) is 1. The number of hydrogen-bond donors (Lipinski definition) is 2. The molecule has 1 fully saturated rings. The van der Waals surface area contributed by atoms with Crippen molar-refractivity contribution in [2.45, 2.75) is 26.4 Å². The molecule has 1 aliphatic rings. The predicted octanol–water partition coefficient (Wildman–Crippen LogP) is 3.25. The Bertz CT molecular complexity index is 1110. The molecule has 2 aromatic carbocycles. The number of anilines is 3. The van der Waals surface area contributed by atoms with Crippen LogP contribution in [0.5, 0.6) is 0 Å². The maximum atomic E-state index is 12.2. The molecule has 0 saturated carbocycles. The first-order valence-corrected chi connectivity index (χ1v) is 11.8. The fourth-order valence-electron chi connectivity index (χ4n) is 3.10. The molecule has 2 aromatic rings. The second-order valence-electron chi connectivity index (χ2n) is 8.34. The molecule has 31 heavy (non-hydrogen) atoms. The van der Waals surface area contributed by atoms with Crippen molar-refractivity contribution in [1.29, 1.82) is 0 Å². The summed E-state index contributed by atoms with van der Waals surface area (Å²) in [4.78, 5) is 14.2. The average Bonchev–Trinajstić information content (AvgIpc) is 2.67. The number of sulfone groups is 1. The van der Waals surface area contributed by atoms with Crippen molar-refractivity contribution in [2.75, 3.05) is 40.5 Å². The highest BCUT2D eigenvalue weighted by molar-refractivity contribution is 7.91. The van der Waals surface area contributed by atoms with Gasteiger partial charge in [0.1, 0.15) is 5.60 Å². The highest BCUT2D eigenvalue weighted by atomic mass is 32.2. The molecule has 164 valence electrons. The summed E-state index contributed by atoms with van der Waals surface area (Å²) in [5.41, 5.74) is 8.51. The van der Waals surface area contributed by atoms with E-state index < -0.39 is 21.5 Å². The number of nitrogens with one attached hydrogen (secondary N) is 1. The first-order valence-electron chi connectivity index (χ1n) is 9.98. The topological polar surface area (TPSA) is 102 Å². The molecule has 0 aliphatic carbocycles. The van der Waals surface area contributed by atoms with E-state index in [4.69, 9.17) is 10.5 Å². The van der Waals surface area contributed by atoms with E-state index in [1.54, 1.807) is 32.9 Å². The Balaban J connectivity index is 1.97. The molecule has 0 bridgehead atoms. The summed E-state index contributed by atoms with van der Waals surface area (Å²) in [7, 11) is -3.04. The number of nitrogens with zero attached hydrogens (tertiary/aromatic N) is 1. The van der Waals surface area contributed by atoms with Gasteiger partial charge in [0.25, 0.3) is 0 Å². The van der Waals surface area contributed by atoms with Crippen LogP contribution >= 0.6 is 0 Å². The number of amides is 1. The molecule has 8 heteroatoms. The molecule has 1 saturated heterocycles. The van der Waals surface area contributed by atoms with E-state index in [0.29, 0.717) is 30.0 Å². The van der Waals surface area contributed by atoms with E-state index in [1.807, 2.05) is 35.2 Å². The average molecular weight is 442 g/mol. The van der Waals surface area contributed by atoms with Gasteiger partial charge in [0.2, 0.25) is 0 Å². The van der Waals surface area contributed by atoms with E-state index in [0.717, 1.165) is 11.3 Å². The minimum atomic E-state index is -3.04. The Morgan fingerprint density at radius 1 is 1.10 bits per heavy atom. The Morgan fingerprint density at radius 2 is 1.74 bits per heavy atom. The van der Waals surface area contributed by atoms with E-state index in [2.05, 4.69) is 17.2 Å². The summed E-state index contributed by atoms with van der Waals surface area (Å²) in [6.45, 7) is 6.02. The fraction of sp³-hybridized carbons (Fsp3) is 0.348. The summed E-state index contributed by atoms with van der Waals surface area (Å²) in [6.07, 6.45) is -0.616. The molecule has 1 heterocycles. The lowest BCUT2D eigenvalue weighted by Crippen LogP contribution is -2.40. The van der Waals surface area contributed by atoms with Crippen molar-refractivity contribution in [3.05, 3.63) is 53.6 Å². The highest BCUT2D eigenvalue weighted by Crippen LogP contribution is 2.31. The van der Waals surface area contributed by atoms with Gasteiger partial charge in [-0.15, -0.1) is 0 Å². The van der Waals surface area contributed by atoms with Crippen LogP contribution in [0.2, 0.25) is 0 Å². The van der Waals surface area contributed by atoms with Crippen molar-refractivity contribution in [2.24, 2.45) is 0 Å². The zero-order chi connectivity index (χ0) is 22.6. The third kappa shape index (κ3) is 6.40. The van der Waals surface area contributed by atoms with Crippen molar-refractivity contribution in [3.63, 3.8) is 0 Å². The largest absolute Gasteiger partial charge is 0.444 e. The smallest absolute Gasteiger partial charge is 0.412 e. The molecule has 0 spiro atoms. The number of benzene rings is 2. The van der Waals surface area contributed by atoms with Crippen molar-refractivity contribution < 1.29 is 17.9 Å². The number of carbonyl (C=O) groups excluding carboxylic acids is 1. The second-order valence-corrected chi connectivity index (χ2v) is 10.6. The minimum Gasteiger partial charge on any atom is -0.444 e. The zero-order valence-corrected chi connectivity index (χ0v) is 18.8. The van der Waals surface area contributed by atoms with Gasteiger partial charge in [-0.25, -0.2) is 13.2 Å². The molecular weight excluding hydrogens is 414 g/mol. The predicted molar refractivity (Wildman–Crippen MR) is 124 cm³/mol. The maximum Gasteiger partial charge on any atom is 0.412 e. The first-order chi connectivity index (χ1) is 14.5. The van der Waals surface area contributed by atoms with E-state index >= 15 is 0 Å². The third-order valence-corrected chi connectivity index (χ3v) is 6.21. The molecule has 7 nitrogen and oxygen atoms in total. The fourth-order valence-corrected chi connectivity index (χ4v) is 4.30. The van der Waals surface area contributed by atoms with Crippen LogP contribution in [0.25, 0.3) is 0 Å². The van der Waals surface area contributed by atoms with Crippen LogP contribution in [0.15, 0.2) is 42.5 Å². The maximum absolute atomic E-state index is 12.2.